The number of aromatic nitrogens is 3. The molecule has 9 heteroatoms. The van der Waals surface area contributed by atoms with E-state index in [0.29, 0.717) is 38.0 Å². The summed E-state index contributed by atoms with van der Waals surface area (Å²) >= 11 is 1.66. The van der Waals surface area contributed by atoms with Gasteiger partial charge in [0.05, 0.1) is 7.11 Å². The third-order valence-corrected chi connectivity index (χ3v) is 9.75. The Bertz CT molecular complexity index is 1790. The molecule has 0 aliphatic carbocycles. The number of hydrogen-bond donors (Lipinski definition) is 0. The van der Waals surface area contributed by atoms with Gasteiger partial charge < -0.3 is 14.5 Å². The summed E-state index contributed by atoms with van der Waals surface area (Å²) in [5.74, 6) is 2.67. The first-order valence-corrected chi connectivity index (χ1v) is 17.5. The van der Waals surface area contributed by atoms with Crippen molar-refractivity contribution in [2.45, 2.75) is 43.8 Å². The fraction of sp³-hybridized carbons (Fsp3) is 0.282. The Hall–Kier alpha value is -4.89. The zero-order chi connectivity index (χ0) is 33.3. The highest BCUT2D eigenvalue weighted by Crippen LogP contribution is 2.26. The van der Waals surface area contributed by atoms with Crippen molar-refractivity contribution in [2.75, 3.05) is 32.5 Å². The lowest BCUT2D eigenvalue weighted by molar-refractivity contribution is -0.133. The quantitative estimate of drug-likeness (QED) is 0.104. The highest BCUT2D eigenvalue weighted by atomic mass is 32.2. The van der Waals surface area contributed by atoms with Crippen LogP contribution >= 0.6 is 11.8 Å². The Balaban J connectivity index is 0.986. The van der Waals surface area contributed by atoms with E-state index in [0.717, 1.165) is 52.1 Å². The van der Waals surface area contributed by atoms with Crippen LogP contribution in [0.15, 0.2) is 114 Å². The first-order chi connectivity index (χ1) is 23.5. The van der Waals surface area contributed by atoms with Gasteiger partial charge in [-0.3, -0.25) is 14.2 Å². The fourth-order valence-electron chi connectivity index (χ4n) is 6.06. The molecule has 1 fully saturated rings. The van der Waals surface area contributed by atoms with Crippen molar-refractivity contribution in [3.8, 4) is 22.6 Å². The molecule has 0 N–H and O–H groups in total. The number of amides is 2. The van der Waals surface area contributed by atoms with Gasteiger partial charge in [0.15, 0.2) is 5.16 Å². The van der Waals surface area contributed by atoms with E-state index in [9.17, 15) is 9.59 Å². The third kappa shape index (κ3) is 7.97. The minimum atomic E-state index is -0.0473. The maximum Gasteiger partial charge on any atom is 0.254 e. The zero-order valence-electron chi connectivity index (χ0n) is 27.5. The van der Waals surface area contributed by atoms with Crippen LogP contribution in [0.3, 0.4) is 0 Å². The second kappa shape index (κ2) is 15.8. The minimum Gasteiger partial charge on any atom is -0.497 e. The molecule has 1 aliphatic heterocycles. The van der Waals surface area contributed by atoms with Crippen molar-refractivity contribution in [2.24, 2.45) is 0 Å². The van der Waals surface area contributed by atoms with Crippen LogP contribution < -0.4 is 4.74 Å². The Labute approximate surface area is 286 Å². The summed E-state index contributed by atoms with van der Waals surface area (Å²) in [4.78, 5) is 30.3. The van der Waals surface area contributed by atoms with Crippen molar-refractivity contribution in [3.63, 3.8) is 0 Å². The van der Waals surface area contributed by atoms with Crippen LogP contribution in [0.25, 0.3) is 16.8 Å². The molecule has 0 bridgehead atoms. The molecule has 8 nitrogen and oxygen atoms in total. The summed E-state index contributed by atoms with van der Waals surface area (Å²) in [6, 6.07) is 36.1. The van der Waals surface area contributed by atoms with Crippen LogP contribution in [0, 0.1) is 0 Å². The average Bonchev–Trinajstić information content (AvgIpc) is 3.53. The summed E-state index contributed by atoms with van der Waals surface area (Å²) in [5, 5.41) is 9.93. The van der Waals surface area contributed by atoms with Crippen molar-refractivity contribution in [1.29, 1.82) is 0 Å². The molecule has 2 amide bonds. The van der Waals surface area contributed by atoms with Gasteiger partial charge in [0, 0.05) is 55.5 Å². The first kappa shape index (κ1) is 33.0. The molecule has 48 heavy (non-hydrogen) atoms. The van der Waals surface area contributed by atoms with Gasteiger partial charge >= 0.3 is 0 Å². The van der Waals surface area contributed by atoms with E-state index in [-0.39, 0.29) is 17.9 Å². The predicted octanol–water partition coefficient (Wildman–Crippen LogP) is 7.17. The molecule has 4 aromatic carbocycles. The Morgan fingerprint density at radius 2 is 1.50 bits per heavy atom. The summed E-state index contributed by atoms with van der Waals surface area (Å²) in [7, 11) is 1.66. The van der Waals surface area contributed by atoms with Gasteiger partial charge in [0.2, 0.25) is 5.91 Å². The number of thioether (sulfide) groups is 1. The molecule has 1 saturated heterocycles. The van der Waals surface area contributed by atoms with Crippen LogP contribution in [0.2, 0.25) is 0 Å². The topological polar surface area (TPSA) is 80.6 Å². The number of piperazine rings is 1. The molecule has 6 rings (SSSR count). The van der Waals surface area contributed by atoms with Crippen molar-refractivity contribution in [1.82, 2.24) is 24.6 Å². The fourth-order valence-corrected chi connectivity index (χ4v) is 7.03. The summed E-state index contributed by atoms with van der Waals surface area (Å²) in [6.07, 6.45) is 2.84. The molecular formula is C39H41N5O3S. The minimum absolute atomic E-state index is 0.0145. The number of carbonyl (C=O) groups excluding carboxylic acids is 2. The summed E-state index contributed by atoms with van der Waals surface area (Å²) in [5.41, 5.74) is 5.04. The van der Waals surface area contributed by atoms with Crippen LogP contribution in [0.4, 0.5) is 0 Å². The number of benzene rings is 4. The van der Waals surface area contributed by atoms with Gasteiger partial charge in [-0.2, -0.15) is 0 Å². The number of carbonyl (C=O) groups is 2. The molecule has 5 aromatic rings. The zero-order valence-corrected chi connectivity index (χ0v) is 28.3. The van der Waals surface area contributed by atoms with Gasteiger partial charge in [0.1, 0.15) is 11.6 Å². The second-order valence-corrected chi connectivity index (χ2v) is 13.1. The van der Waals surface area contributed by atoms with Crippen molar-refractivity contribution >= 4 is 23.6 Å². The van der Waals surface area contributed by atoms with Crippen LogP contribution in [0.1, 0.15) is 47.9 Å². The third-order valence-electron chi connectivity index (χ3n) is 8.73. The highest BCUT2D eigenvalue weighted by Gasteiger charge is 2.30. The maximum atomic E-state index is 13.3. The number of hydrogen-bond acceptors (Lipinski definition) is 6. The molecule has 1 aliphatic rings. The molecular weight excluding hydrogens is 619 g/mol. The van der Waals surface area contributed by atoms with Crippen molar-refractivity contribution in [3.05, 3.63) is 126 Å². The normalized spacial score (nSPS) is 14.6. The number of unbranched alkanes of at least 4 members (excludes halogenated alkanes) is 1. The standard InChI is InChI=1S/C39H41N5O3S/c1-29-28-42(24-25-43(29)38(46)33-18-16-32(17-19-33)31-13-7-4-8-14-31)37(45)15-9-10-26-48-39-41-40-36(27-30-11-5-3-6-12-30)44(39)34-20-22-35(47-2)23-21-34/h3-8,11-14,16-23,29H,9-10,15,24-28H2,1-2H3. The molecule has 2 heterocycles. The first-order valence-electron chi connectivity index (χ1n) is 16.5. The molecule has 0 saturated carbocycles. The Morgan fingerprint density at radius 3 is 2.19 bits per heavy atom. The molecule has 246 valence electrons. The smallest absolute Gasteiger partial charge is 0.254 e. The van der Waals surface area contributed by atoms with Crippen LogP contribution in [-0.4, -0.2) is 74.9 Å². The van der Waals surface area contributed by atoms with E-state index >= 15 is 0 Å². The Kier molecular flexibility index (Phi) is 10.9. The van der Waals surface area contributed by atoms with Crippen molar-refractivity contribution < 1.29 is 14.3 Å². The molecule has 0 radical (unpaired) electrons. The largest absolute Gasteiger partial charge is 0.497 e. The average molecular weight is 660 g/mol. The van der Waals surface area contributed by atoms with E-state index in [4.69, 9.17) is 4.74 Å². The number of ether oxygens (including phenoxy) is 1. The Morgan fingerprint density at radius 1 is 0.812 bits per heavy atom. The molecule has 1 unspecified atom stereocenters. The molecule has 0 spiro atoms. The lowest BCUT2D eigenvalue weighted by atomic mass is 10.0. The highest BCUT2D eigenvalue weighted by molar-refractivity contribution is 7.99. The monoisotopic (exact) mass is 659 g/mol. The SMILES string of the molecule is COc1ccc(-n2c(Cc3ccccc3)nnc2SCCCCC(=O)N2CCN(C(=O)c3ccc(-c4ccccc4)cc3)C(C)C2)cc1. The van der Waals surface area contributed by atoms with Gasteiger partial charge in [-0.1, -0.05) is 84.6 Å². The lowest BCUT2D eigenvalue weighted by Crippen LogP contribution is -2.55. The van der Waals surface area contributed by atoms with Crippen LogP contribution in [0.5, 0.6) is 5.75 Å². The number of nitrogens with zero attached hydrogens (tertiary/aromatic N) is 5. The number of methoxy groups -OCH3 is 1. The van der Waals surface area contributed by atoms with Crippen LogP contribution in [-0.2, 0) is 11.2 Å². The van der Waals surface area contributed by atoms with Gasteiger partial charge in [0.25, 0.3) is 5.91 Å². The second-order valence-electron chi connectivity index (χ2n) is 12.0. The van der Waals surface area contributed by atoms with E-state index < -0.39 is 0 Å². The molecule has 1 atom stereocenters. The number of rotatable bonds is 12. The van der Waals surface area contributed by atoms with Gasteiger partial charge in [-0.05, 0) is 72.9 Å². The van der Waals surface area contributed by atoms with E-state index in [1.807, 2.05) is 102 Å². The van der Waals surface area contributed by atoms with E-state index in [1.54, 1.807) is 18.9 Å². The summed E-state index contributed by atoms with van der Waals surface area (Å²) < 4.78 is 7.47. The lowest BCUT2D eigenvalue weighted by Gasteiger charge is -2.40. The van der Waals surface area contributed by atoms with Gasteiger partial charge in [-0.15, -0.1) is 10.2 Å². The molecule has 1 aromatic heterocycles. The van der Waals surface area contributed by atoms with Gasteiger partial charge in [-0.25, -0.2) is 0 Å². The van der Waals surface area contributed by atoms with E-state index in [2.05, 4.69) is 39.0 Å². The predicted molar refractivity (Wildman–Crippen MR) is 191 cm³/mol. The summed E-state index contributed by atoms with van der Waals surface area (Å²) in [6.45, 7) is 3.67. The van der Waals surface area contributed by atoms with E-state index in [1.165, 1.54) is 5.56 Å². The maximum absolute atomic E-state index is 13.3.